The Balaban J connectivity index is 2.38. The number of aromatic nitrogens is 2. The Morgan fingerprint density at radius 3 is 2.93 bits per heavy atom. The van der Waals surface area contributed by atoms with Crippen molar-refractivity contribution in [3.05, 3.63) is 16.2 Å². The van der Waals surface area contributed by atoms with Crippen LogP contribution < -0.4 is 16.7 Å². The highest BCUT2D eigenvalue weighted by Gasteiger charge is 2.22. The predicted octanol–water partition coefficient (Wildman–Crippen LogP) is -0.118. The van der Waals surface area contributed by atoms with Crippen molar-refractivity contribution in [3.63, 3.8) is 0 Å². The van der Waals surface area contributed by atoms with Gasteiger partial charge in [-0.3, -0.25) is 4.57 Å². The number of anilines is 1. The highest BCUT2D eigenvalue weighted by molar-refractivity contribution is 5.46. The zero-order chi connectivity index (χ0) is 10.3. The van der Waals surface area contributed by atoms with Crippen molar-refractivity contribution < 1.29 is 0 Å². The van der Waals surface area contributed by atoms with Crippen molar-refractivity contribution in [2.45, 2.75) is 32.4 Å². The molecule has 0 saturated carbocycles. The van der Waals surface area contributed by atoms with E-state index in [0.29, 0.717) is 6.54 Å². The van der Waals surface area contributed by atoms with Crippen molar-refractivity contribution in [1.82, 2.24) is 9.55 Å². The molecule has 0 aromatic carbocycles. The van der Waals surface area contributed by atoms with Crippen LogP contribution in [0.15, 0.2) is 4.79 Å². The maximum atomic E-state index is 11.5. The molecule has 0 unspecified atom stereocenters. The van der Waals surface area contributed by atoms with Gasteiger partial charge in [0.15, 0.2) is 0 Å². The summed E-state index contributed by atoms with van der Waals surface area (Å²) in [5.41, 5.74) is 6.45. The summed E-state index contributed by atoms with van der Waals surface area (Å²) in [6.45, 7) is 5.25. The van der Waals surface area contributed by atoms with Crippen molar-refractivity contribution >= 4 is 5.82 Å². The molecule has 2 rings (SSSR count). The molecule has 5 nitrogen and oxygen atoms in total. The quantitative estimate of drug-likeness (QED) is 0.617. The summed E-state index contributed by atoms with van der Waals surface area (Å²) < 4.78 is 1.68. The van der Waals surface area contributed by atoms with Gasteiger partial charge in [-0.25, -0.2) is 4.79 Å². The fourth-order valence-electron chi connectivity index (χ4n) is 1.77. The first-order valence-electron chi connectivity index (χ1n) is 4.82. The highest BCUT2D eigenvalue weighted by Crippen LogP contribution is 2.19. The van der Waals surface area contributed by atoms with Gasteiger partial charge in [0, 0.05) is 25.0 Å². The van der Waals surface area contributed by atoms with Gasteiger partial charge in [0.1, 0.15) is 5.82 Å². The molecule has 0 spiro atoms. The van der Waals surface area contributed by atoms with Crippen LogP contribution in [0.25, 0.3) is 0 Å². The van der Waals surface area contributed by atoms with Gasteiger partial charge >= 0.3 is 5.69 Å². The lowest BCUT2D eigenvalue weighted by atomic mass is 10.1. The molecule has 78 valence electrons. The van der Waals surface area contributed by atoms with Crippen LogP contribution in [-0.2, 0) is 13.0 Å². The maximum absolute atomic E-state index is 11.5. The number of hydrogen-bond acceptors (Lipinski definition) is 3. The molecule has 0 amide bonds. The van der Waals surface area contributed by atoms with Crippen molar-refractivity contribution in [2.75, 3.05) is 11.9 Å². The number of rotatable bonds is 2. The van der Waals surface area contributed by atoms with Crippen LogP contribution in [0.1, 0.15) is 19.5 Å². The molecule has 1 aromatic heterocycles. The fraction of sp³-hybridized carbons (Fsp3) is 0.667. The molecule has 2 heterocycles. The molecule has 0 radical (unpaired) electrons. The molecule has 0 bridgehead atoms. The van der Waals surface area contributed by atoms with Gasteiger partial charge in [-0.2, -0.15) is 0 Å². The molecule has 0 aliphatic carbocycles. The van der Waals surface area contributed by atoms with Gasteiger partial charge < -0.3 is 16.0 Å². The summed E-state index contributed by atoms with van der Waals surface area (Å²) in [7, 11) is 0. The molecule has 0 fully saturated rings. The van der Waals surface area contributed by atoms with Crippen LogP contribution in [0.3, 0.4) is 0 Å². The first-order valence-corrected chi connectivity index (χ1v) is 4.82. The van der Waals surface area contributed by atoms with E-state index in [9.17, 15) is 4.79 Å². The number of aromatic amines is 1. The number of H-pyrrole nitrogens is 1. The summed E-state index contributed by atoms with van der Waals surface area (Å²) in [4.78, 5) is 14.4. The average molecular weight is 196 g/mol. The Bertz CT molecular complexity index is 396. The molecule has 0 saturated heterocycles. The molecule has 4 N–H and O–H groups in total. The lowest BCUT2D eigenvalue weighted by Crippen LogP contribution is -2.40. The second-order valence-corrected chi connectivity index (χ2v) is 4.51. The summed E-state index contributed by atoms with van der Waals surface area (Å²) in [6.07, 6.45) is 0.891. The minimum atomic E-state index is -0.371. The zero-order valence-electron chi connectivity index (χ0n) is 8.55. The van der Waals surface area contributed by atoms with Gasteiger partial charge in [-0.05, 0) is 13.8 Å². The number of nitrogens with two attached hydrogens (primary N) is 1. The first-order chi connectivity index (χ1) is 6.47. The number of imidazole rings is 1. The van der Waals surface area contributed by atoms with Gasteiger partial charge in [-0.15, -0.1) is 0 Å². The Labute approximate surface area is 82.3 Å². The Kier molecular flexibility index (Phi) is 1.92. The van der Waals surface area contributed by atoms with Crippen LogP contribution >= 0.6 is 0 Å². The second kappa shape index (κ2) is 2.88. The second-order valence-electron chi connectivity index (χ2n) is 4.51. The zero-order valence-corrected chi connectivity index (χ0v) is 8.55. The van der Waals surface area contributed by atoms with E-state index in [1.807, 2.05) is 13.8 Å². The molecule has 1 aromatic rings. The van der Waals surface area contributed by atoms with Crippen LogP contribution in [0.4, 0.5) is 5.82 Å². The molecule has 1 aliphatic heterocycles. The molecular formula is C9H16N4O. The summed E-state index contributed by atoms with van der Waals surface area (Å²) in [5, 5.41) is 3.19. The van der Waals surface area contributed by atoms with Crippen LogP contribution in [-0.4, -0.2) is 21.6 Å². The van der Waals surface area contributed by atoms with E-state index < -0.39 is 0 Å². The summed E-state index contributed by atoms with van der Waals surface area (Å²) in [5.74, 6) is 0.911. The van der Waals surface area contributed by atoms with E-state index in [2.05, 4.69) is 10.3 Å². The van der Waals surface area contributed by atoms with Crippen LogP contribution in [0, 0.1) is 0 Å². The number of nitrogens with zero attached hydrogens (tertiary/aromatic N) is 1. The normalized spacial score (nSPS) is 15.4. The van der Waals surface area contributed by atoms with E-state index in [-0.39, 0.29) is 11.2 Å². The molecule has 1 aliphatic rings. The predicted molar refractivity (Wildman–Crippen MR) is 55.5 cm³/mol. The van der Waals surface area contributed by atoms with Crippen molar-refractivity contribution in [3.8, 4) is 0 Å². The maximum Gasteiger partial charge on any atom is 0.327 e. The van der Waals surface area contributed by atoms with Gasteiger partial charge in [-0.1, -0.05) is 0 Å². The smallest absolute Gasteiger partial charge is 0.327 e. The topological polar surface area (TPSA) is 75.8 Å². The minimum absolute atomic E-state index is 0.0688. The Morgan fingerprint density at radius 1 is 1.57 bits per heavy atom. The highest BCUT2D eigenvalue weighted by atomic mass is 16.1. The van der Waals surface area contributed by atoms with E-state index in [1.165, 1.54) is 0 Å². The monoisotopic (exact) mass is 196 g/mol. The largest absolute Gasteiger partial charge is 0.370 e. The number of nitrogens with one attached hydrogen (secondary N) is 2. The number of hydrogen-bond donors (Lipinski definition) is 3. The lowest BCUT2D eigenvalue weighted by molar-refractivity contribution is 0.430. The van der Waals surface area contributed by atoms with Crippen LogP contribution in [0.2, 0.25) is 0 Å². The third kappa shape index (κ3) is 1.55. The Morgan fingerprint density at radius 2 is 2.29 bits per heavy atom. The van der Waals surface area contributed by atoms with E-state index >= 15 is 0 Å². The molecule has 14 heavy (non-hydrogen) atoms. The molecule has 5 heteroatoms. The SMILES string of the molecule is CC(C)(N)Cn1c2c([nH]c1=O)CCN2. The van der Waals surface area contributed by atoms with E-state index in [0.717, 1.165) is 24.5 Å². The standard InChI is InChI=1S/C9H16N4O/c1-9(2,10)5-13-7-6(3-4-11-7)12-8(13)14/h11H,3-5,10H2,1-2H3,(H,12,14). The lowest BCUT2D eigenvalue weighted by Gasteiger charge is -2.19. The van der Waals surface area contributed by atoms with Crippen molar-refractivity contribution in [2.24, 2.45) is 5.73 Å². The third-order valence-electron chi connectivity index (χ3n) is 2.29. The summed E-state index contributed by atoms with van der Waals surface area (Å²) >= 11 is 0. The summed E-state index contributed by atoms with van der Waals surface area (Å²) in [6, 6.07) is 0. The van der Waals surface area contributed by atoms with Crippen molar-refractivity contribution in [1.29, 1.82) is 0 Å². The molecule has 0 atom stereocenters. The average Bonchev–Trinajstić information content (AvgIpc) is 2.54. The van der Waals surface area contributed by atoms with Crippen LogP contribution in [0.5, 0.6) is 0 Å². The number of fused-ring (bicyclic) bond motifs is 1. The third-order valence-corrected chi connectivity index (χ3v) is 2.29. The van der Waals surface area contributed by atoms with E-state index in [4.69, 9.17) is 5.73 Å². The minimum Gasteiger partial charge on any atom is -0.370 e. The molecular weight excluding hydrogens is 180 g/mol. The fourth-order valence-corrected chi connectivity index (χ4v) is 1.77. The van der Waals surface area contributed by atoms with Gasteiger partial charge in [0.2, 0.25) is 0 Å². The van der Waals surface area contributed by atoms with Gasteiger partial charge in [0.25, 0.3) is 0 Å². The Hall–Kier alpha value is -1.23. The van der Waals surface area contributed by atoms with E-state index in [1.54, 1.807) is 4.57 Å². The van der Waals surface area contributed by atoms with Gasteiger partial charge in [0.05, 0.1) is 5.69 Å². The first kappa shape index (κ1) is 9.33.